The van der Waals surface area contributed by atoms with E-state index in [9.17, 15) is 32.4 Å². The summed E-state index contributed by atoms with van der Waals surface area (Å²) in [6, 6.07) is 20.4. The van der Waals surface area contributed by atoms with Crippen LogP contribution in [0.2, 0.25) is 0 Å². The normalized spacial score (nSPS) is 18.6. The van der Waals surface area contributed by atoms with E-state index in [2.05, 4.69) is 15.5 Å². The van der Waals surface area contributed by atoms with Crippen molar-refractivity contribution < 1.29 is 41.5 Å². The number of carbonyl (C=O) groups is 4. The second-order valence-corrected chi connectivity index (χ2v) is 16.5. The van der Waals surface area contributed by atoms with E-state index in [1.165, 1.54) is 21.3 Å². The first-order valence-electron chi connectivity index (χ1n) is 19.3. The highest BCUT2D eigenvalue weighted by molar-refractivity contribution is 7.92. The molecule has 18 heteroatoms. The molecule has 4 heterocycles. The van der Waals surface area contributed by atoms with Crippen molar-refractivity contribution in [1.82, 2.24) is 29.4 Å². The van der Waals surface area contributed by atoms with Crippen LogP contribution in [-0.4, -0.2) is 85.4 Å². The van der Waals surface area contributed by atoms with Crippen LogP contribution in [0.5, 0.6) is 11.5 Å². The van der Waals surface area contributed by atoms with Gasteiger partial charge in [-0.1, -0.05) is 42.5 Å². The number of rotatable bonds is 12. The average molecular weight is 828 g/mol. The minimum Gasteiger partial charge on any atom is -0.492 e. The summed E-state index contributed by atoms with van der Waals surface area (Å²) >= 11 is 0. The van der Waals surface area contributed by atoms with Gasteiger partial charge >= 0.3 is 15.9 Å². The number of piperidine rings is 2. The van der Waals surface area contributed by atoms with Crippen LogP contribution < -0.4 is 34.8 Å². The number of aromatic nitrogens is 2. The number of carbonyl (C=O) groups excluding carboxylic acids is 4. The SMILES string of the molecule is Cn1c(=O)n([C@@H]2CCC(=O)NC2=O)c2ccc(C3CCN(CC(=O)NCCOc4ccc5cc(OCc6ccccc6)c(N6CC(=O)NS6(=O)=O)c(F)c5c4)CC3)cc21. The van der Waals surface area contributed by atoms with Gasteiger partial charge in [-0.05, 0) is 85.1 Å². The van der Waals surface area contributed by atoms with Crippen LogP contribution in [0.15, 0.2) is 77.6 Å². The fourth-order valence-electron chi connectivity index (χ4n) is 8.02. The minimum atomic E-state index is -4.35. The summed E-state index contributed by atoms with van der Waals surface area (Å²) < 4.78 is 59.2. The molecule has 4 aromatic carbocycles. The molecular weight excluding hydrogens is 786 g/mol. The van der Waals surface area contributed by atoms with Crippen molar-refractivity contribution in [2.24, 2.45) is 7.05 Å². The fraction of sp³-hybridized carbons (Fsp3) is 0.341. The van der Waals surface area contributed by atoms with E-state index in [1.807, 2.05) is 53.3 Å². The van der Waals surface area contributed by atoms with Crippen LogP contribution in [0.25, 0.3) is 21.8 Å². The molecule has 3 N–H and O–H groups in total. The van der Waals surface area contributed by atoms with E-state index < -0.39 is 46.1 Å². The number of nitrogens with one attached hydrogen (secondary N) is 3. The zero-order chi connectivity index (χ0) is 41.4. The third-order valence-electron chi connectivity index (χ3n) is 11.1. The van der Waals surface area contributed by atoms with E-state index in [4.69, 9.17) is 9.47 Å². The lowest BCUT2D eigenvalue weighted by atomic mass is 9.89. The summed E-state index contributed by atoms with van der Waals surface area (Å²) in [6.07, 6.45) is 2.05. The van der Waals surface area contributed by atoms with Gasteiger partial charge in [-0.2, -0.15) is 8.42 Å². The quantitative estimate of drug-likeness (QED) is 0.125. The van der Waals surface area contributed by atoms with Gasteiger partial charge in [0.1, 0.15) is 43.0 Å². The summed E-state index contributed by atoms with van der Waals surface area (Å²) in [5, 5.41) is 5.67. The first-order chi connectivity index (χ1) is 28.4. The van der Waals surface area contributed by atoms with Crippen molar-refractivity contribution in [2.45, 2.75) is 44.2 Å². The van der Waals surface area contributed by atoms with Gasteiger partial charge < -0.3 is 14.8 Å². The molecule has 8 rings (SSSR count). The van der Waals surface area contributed by atoms with Crippen molar-refractivity contribution in [3.63, 3.8) is 0 Å². The fourth-order valence-corrected chi connectivity index (χ4v) is 9.18. The molecule has 3 saturated heterocycles. The van der Waals surface area contributed by atoms with E-state index in [1.54, 1.807) is 19.2 Å². The van der Waals surface area contributed by atoms with Gasteiger partial charge in [0.25, 0.3) is 5.91 Å². The van der Waals surface area contributed by atoms with Crippen LogP contribution in [0.3, 0.4) is 0 Å². The van der Waals surface area contributed by atoms with Gasteiger partial charge in [-0.25, -0.2) is 18.2 Å². The first-order valence-corrected chi connectivity index (χ1v) is 20.7. The van der Waals surface area contributed by atoms with Gasteiger partial charge in [0.05, 0.1) is 24.1 Å². The molecule has 308 valence electrons. The van der Waals surface area contributed by atoms with Crippen molar-refractivity contribution >= 4 is 61.3 Å². The molecule has 1 aromatic heterocycles. The molecule has 0 aliphatic carbocycles. The molecule has 3 aliphatic heterocycles. The summed E-state index contributed by atoms with van der Waals surface area (Å²) in [6.45, 7) is 1.28. The molecule has 0 unspecified atom stereocenters. The Bertz CT molecular complexity index is 2660. The second-order valence-electron chi connectivity index (χ2n) is 14.9. The number of hydrogen-bond acceptors (Lipinski definition) is 10. The van der Waals surface area contributed by atoms with Gasteiger partial charge in [0, 0.05) is 18.9 Å². The van der Waals surface area contributed by atoms with Gasteiger partial charge in [-0.15, -0.1) is 0 Å². The number of anilines is 1. The highest BCUT2D eigenvalue weighted by Gasteiger charge is 2.38. The molecule has 0 radical (unpaired) electrons. The Hall–Kier alpha value is -6.27. The zero-order valence-corrected chi connectivity index (χ0v) is 32.9. The largest absolute Gasteiger partial charge is 0.492 e. The van der Waals surface area contributed by atoms with Gasteiger partial charge in [-0.3, -0.25) is 38.5 Å². The van der Waals surface area contributed by atoms with E-state index in [-0.39, 0.29) is 73.7 Å². The number of ether oxygens (including phenoxy) is 2. The van der Waals surface area contributed by atoms with Crippen LogP contribution in [-0.2, 0) is 43.0 Å². The third kappa shape index (κ3) is 8.09. The van der Waals surface area contributed by atoms with Gasteiger partial charge in [0.2, 0.25) is 17.7 Å². The number of aryl methyl sites for hydroxylation is 1. The summed E-state index contributed by atoms with van der Waals surface area (Å²) in [5.41, 5.74) is 2.50. The molecule has 5 aromatic rings. The number of imide groups is 1. The number of amides is 4. The predicted molar refractivity (Wildman–Crippen MR) is 215 cm³/mol. The summed E-state index contributed by atoms with van der Waals surface area (Å²) in [5.74, 6) is -2.22. The summed E-state index contributed by atoms with van der Waals surface area (Å²) in [4.78, 5) is 64.4. The monoisotopic (exact) mass is 827 g/mol. The predicted octanol–water partition coefficient (Wildman–Crippen LogP) is 2.74. The minimum absolute atomic E-state index is 0.0343. The highest BCUT2D eigenvalue weighted by atomic mass is 32.2. The lowest BCUT2D eigenvalue weighted by Gasteiger charge is -2.31. The molecule has 0 bridgehead atoms. The zero-order valence-electron chi connectivity index (χ0n) is 32.1. The third-order valence-corrected chi connectivity index (χ3v) is 12.4. The topological polar surface area (TPSA) is 190 Å². The van der Waals surface area contributed by atoms with Crippen molar-refractivity contribution in [2.75, 3.05) is 43.6 Å². The molecule has 0 spiro atoms. The molecular formula is C41H42FN7O9S. The smallest absolute Gasteiger partial charge is 0.329 e. The summed E-state index contributed by atoms with van der Waals surface area (Å²) in [7, 11) is -2.68. The number of likely N-dealkylation sites (tertiary alicyclic amines) is 1. The maximum absolute atomic E-state index is 16.3. The molecule has 1 atom stereocenters. The maximum Gasteiger partial charge on any atom is 0.329 e. The lowest BCUT2D eigenvalue weighted by Crippen LogP contribution is -2.44. The first kappa shape index (κ1) is 39.6. The second kappa shape index (κ2) is 16.2. The lowest BCUT2D eigenvalue weighted by molar-refractivity contribution is -0.135. The Labute approximate surface area is 338 Å². The van der Waals surface area contributed by atoms with Gasteiger partial charge in [0.15, 0.2) is 5.82 Å². The van der Waals surface area contributed by atoms with Crippen LogP contribution in [0.1, 0.15) is 48.8 Å². The van der Waals surface area contributed by atoms with E-state index in [0.29, 0.717) is 39.6 Å². The average Bonchev–Trinajstić information content (AvgIpc) is 3.64. The van der Waals surface area contributed by atoms with E-state index in [0.717, 1.165) is 24.0 Å². The Morgan fingerprint density at radius 2 is 1.69 bits per heavy atom. The Morgan fingerprint density at radius 3 is 2.42 bits per heavy atom. The molecule has 16 nitrogen and oxygen atoms in total. The van der Waals surface area contributed by atoms with E-state index >= 15 is 4.39 Å². The number of halogens is 1. The van der Waals surface area contributed by atoms with Crippen LogP contribution >= 0.6 is 0 Å². The molecule has 0 saturated carbocycles. The highest BCUT2D eigenvalue weighted by Crippen LogP contribution is 2.41. The van der Waals surface area contributed by atoms with Crippen molar-refractivity contribution in [3.8, 4) is 11.5 Å². The Kier molecular flexibility index (Phi) is 10.8. The Balaban J connectivity index is 0.855. The molecule has 3 fully saturated rings. The Morgan fingerprint density at radius 1 is 0.915 bits per heavy atom. The van der Waals surface area contributed by atoms with Crippen LogP contribution in [0, 0.1) is 5.82 Å². The number of hydrogen-bond donors (Lipinski definition) is 3. The van der Waals surface area contributed by atoms with Crippen LogP contribution in [0.4, 0.5) is 10.1 Å². The maximum atomic E-state index is 16.3. The van der Waals surface area contributed by atoms with Crippen molar-refractivity contribution in [1.29, 1.82) is 0 Å². The van der Waals surface area contributed by atoms with Crippen molar-refractivity contribution in [3.05, 3.63) is 100 Å². The standard InChI is InChI=1S/C41H42FN7O9S/c1-46-33-19-27(8-10-31(33)49(41(46)54)32-11-12-35(50)44-40(32)53)26-13-16-47(17-14-26)22-36(51)43-15-18-57-29-9-7-28-20-34(58-24-25-5-3-2-4-6-25)39(38(42)30(28)21-29)48-23-37(52)45-59(48,55)56/h2-10,19-21,26,32H,11-18,22-24H2,1H3,(H,43,51)(H,45,52)(H,44,50,53)/t32-/m1/s1. The molecule has 59 heavy (non-hydrogen) atoms. The number of benzene rings is 4. The number of imidazole rings is 1. The molecule has 4 amide bonds. The number of fused-ring (bicyclic) bond motifs is 2. The number of nitrogens with zero attached hydrogens (tertiary/aromatic N) is 4. The molecule has 3 aliphatic rings.